The third-order valence-electron chi connectivity index (χ3n) is 5.66. The van der Waals surface area contributed by atoms with E-state index in [1.807, 2.05) is 0 Å². The van der Waals surface area contributed by atoms with Crippen LogP contribution in [-0.4, -0.2) is 57.0 Å². The van der Waals surface area contributed by atoms with Gasteiger partial charge in [0, 0.05) is 49.8 Å². The van der Waals surface area contributed by atoms with Gasteiger partial charge in [-0.15, -0.1) is 5.10 Å². The Bertz CT molecular complexity index is 1250. The highest BCUT2D eigenvalue weighted by Crippen LogP contribution is 2.27. The van der Waals surface area contributed by atoms with Gasteiger partial charge in [-0.05, 0) is 60.7 Å². The quantitative estimate of drug-likeness (QED) is 0.480. The Balaban J connectivity index is 1.42. The number of rotatable bonds is 4. The number of hydrogen-bond acceptors (Lipinski definition) is 5. The van der Waals surface area contributed by atoms with Crippen LogP contribution in [0.5, 0.6) is 0 Å². The highest BCUT2D eigenvalue weighted by Gasteiger charge is 2.29. The molecule has 0 atom stereocenters. The zero-order chi connectivity index (χ0) is 22.8. The summed E-state index contributed by atoms with van der Waals surface area (Å²) in [5.74, 6) is -0.867. The fourth-order valence-corrected chi connectivity index (χ4v) is 3.93. The maximum Gasteiger partial charge on any atom is 0.276 e. The highest BCUT2D eigenvalue weighted by atomic mass is 19.1. The average Bonchev–Trinajstić information content (AvgIpc) is 3.30. The summed E-state index contributed by atoms with van der Waals surface area (Å²) in [6.07, 6.45) is 3.26. The lowest BCUT2D eigenvalue weighted by molar-refractivity contribution is 0.0741. The zero-order valence-electron chi connectivity index (χ0n) is 17.6. The van der Waals surface area contributed by atoms with Crippen molar-refractivity contribution in [1.82, 2.24) is 24.9 Å². The van der Waals surface area contributed by atoms with Gasteiger partial charge in [0.05, 0.1) is 5.69 Å². The van der Waals surface area contributed by atoms with Crippen LogP contribution < -0.4 is 4.90 Å². The topological polar surface area (TPSA) is 67.2 Å². The van der Waals surface area contributed by atoms with E-state index in [2.05, 4.69) is 20.2 Å². The van der Waals surface area contributed by atoms with Crippen molar-refractivity contribution >= 4 is 11.6 Å². The van der Waals surface area contributed by atoms with Gasteiger partial charge in [-0.2, -0.15) is 0 Å². The molecule has 0 bridgehead atoms. The number of hydrogen-bond donors (Lipinski definition) is 0. The Labute approximate surface area is 188 Å². The van der Waals surface area contributed by atoms with Crippen molar-refractivity contribution in [3.05, 3.63) is 90.4 Å². The van der Waals surface area contributed by atoms with E-state index in [9.17, 15) is 13.6 Å². The largest absolute Gasteiger partial charge is 0.368 e. The van der Waals surface area contributed by atoms with Crippen molar-refractivity contribution < 1.29 is 13.6 Å². The van der Waals surface area contributed by atoms with Crippen LogP contribution >= 0.6 is 0 Å². The Kier molecular flexibility index (Phi) is 5.52. The Morgan fingerprint density at radius 1 is 0.758 bits per heavy atom. The number of piperazine rings is 1. The van der Waals surface area contributed by atoms with Crippen LogP contribution in [0.2, 0.25) is 0 Å². The van der Waals surface area contributed by atoms with Crippen LogP contribution in [0.15, 0.2) is 73.1 Å². The average molecular weight is 446 g/mol. The smallest absolute Gasteiger partial charge is 0.276 e. The van der Waals surface area contributed by atoms with Crippen LogP contribution in [0.25, 0.3) is 16.9 Å². The van der Waals surface area contributed by atoms with Crippen LogP contribution in [0, 0.1) is 11.6 Å². The molecule has 4 aromatic rings. The second-order valence-electron chi connectivity index (χ2n) is 7.67. The molecule has 33 heavy (non-hydrogen) atoms. The predicted octanol–water partition coefficient (Wildman–Crippen LogP) is 3.57. The lowest BCUT2D eigenvalue weighted by Gasteiger charge is -2.35. The molecule has 0 unspecified atom stereocenters. The van der Waals surface area contributed by atoms with E-state index in [0.717, 1.165) is 11.3 Å². The molecule has 1 amide bonds. The van der Waals surface area contributed by atoms with E-state index in [1.54, 1.807) is 53.7 Å². The number of carbonyl (C=O) groups is 1. The number of amides is 1. The monoisotopic (exact) mass is 446 g/mol. The summed E-state index contributed by atoms with van der Waals surface area (Å²) >= 11 is 0. The molecule has 0 N–H and O–H groups in total. The van der Waals surface area contributed by atoms with Gasteiger partial charge >= 0.3 is 0 Å². The molecule has 1 aliphatic rings. The lowest BCUT2D eigenvalue weighted by Crippen LogP contribution is -2.49. The van der Waals surface area contributed by atoms with Gasteiger partial charge < -0.3 is 9.80 Å². The molecule has 5 rings (SSSR count). The van der Waals surface area contributed by atoms with Crippen molar-refractivity contribution in [2.45, 2.75) is 0 Å². The first-order chi connectivity index (χ1) is 16.1. The first-order valence-corrected chi connectivity index (χ1v) is 10.5. The SMILES string of the molecule is O=C(c1nnn(-c2ccc(F)cc2)c1-c1ccncc1)N1CCN(c2ccc(F)cc2)CC1. The molecule has 2 aromatic heterocycles. The molecule has 9 heteroatoms. The van der Waals surface area contributed by atoms with Crippen molar-refractivity contribution in [1.29, 1.82) is 0 Å². The molecule has 3 heterocycles. The van der Waals surface area contributed by atoms with E-state index in [-0.39, 0.29) is 23.2 Å². The van der Waals surface area contributed by atoms with Crippen molar-refractivity contribution in [2.24, 2.45) is 0 Å². The number of halogens is 2. The Morgan fingerprint density at radius 3 is 1.94 bits per heavy atom. The first kappa shape index (κ1) is 20.7. The number of benzene rings is 2. The van der Waals surface area contributed by atoms with Crippen LogP contribution in [0.4, 0.5) is 14.5 Å². The van der Waals surface area contributed by atoms with Gasteiger partial charge in [-0.1, -0.05) is 5.21 Å². The normalized spacial score (nSPS) is 13.9. The minimum atomic E-state index is -0.361. The standard InChI is InChI=1S/C24H20F2N6O/c25-18-1-5-20(6-2-18)30-13-15-31(16-14-30)24(33)22-23(17-9-11-27-12-10-17)32(29-28-22)21-7-3-19(26)4-8-21/h1-12H,13-16H2. The second-order valence-corrected chi connectivity index (χ2v) is 7.67. The molecule has 1 fully saturated rings. The van der Waals surface area contributed by atoms with Crippen LogP contribution in [-0.2, 0) is 0 Å². The zero-order valence-corrected chi connectivity index (χ0v) is 17.6. The van der Waals surface area contributed by atoms with E-state index < -0.39 is 0 Å². The fraction of sp³-hybridized carbons (Fsp3) is 0.167. The summed E-state index contributed by atoms with van der Waals surface area (Å²) < 4.78 is 28.2. The highest BCUT2D eigenvalue weighted by molar-refractivity contribution is 5.98. The van der Waals surface area contributed by atoms with Gasteiger partial charge in [-0.3, -0.25) is 9.78 Å². The lowest BCUT2D eigenvalue weighted by atomic mass is 10.1. The third kappa shape index (κ3) is 4.17. The van der Waals surface area contributed by atoms with Crippen LogP contribution in [0.1, 0.15) is 10.5 Å². The molecule has 0 saturated carbocycles. The second kappa shape index (κ2) is 8.78. The van der Waals surface area contributed by atoms with E-state index in [1.165, 1.54) is 28.9 Å². The molecule has 2 aromatic carbocycles. The molecule has 1 saturated heterocycles. The van der Waals surface area contributed by atoms with Gasteiger partial charge in [0.1, 0.15) is 17.3 Å². The molecular weight excluding hydrogens is 426 g/mol. The third-order valence-corrected chi connectivity index (χ3v) is 5.66. The minimum absolute atomic E-state index is 0.223. The van der Waals surface area contributed by atoms with Gasteiger partial charge in [0.15, 0.2) is 5.69 Å². The van der Waals surface area contributed by atoms with Crippen molar-refractivity contribution in [2.75, 3.05) is 31.1 Å². The molecule has 0 radical (unpaired) electrons. The van der Waals surface area contributed by atoms with Crippen LogP contribution in [0.3, 0.4) is 0 Å². The first-order valence-electron chi connectivity index (χ1n) is 10.5. The number of anilines is 1. The summed E-state index contributed by atoms with van der Waals surface area (Å²) in [6.45, 7) is 2.23. The van der Waals surface area contributed by atoms with E-state index >= 15 is 0 Å². The van der Waals surface area contributed by atoms with Gasteiger partial charge in [0.2, 0.25) is 0 Å². The summed E-state index contributed by atoms with van der Waals surface area (Å²) in [5, 5.41) is 8.42. The number of carbonyl (C=O) groups excluding carboxylic acids is 1. The Morgan fingerprint density at radius 2 is 1.33 bits per heavy atom. The van der Waals surface area contributed by atoms with E-state index in [0.29, 0.717) is 37.6 Å². The molecule has 0 spiro atoms. The molecule has 1 aliphatic heterocycles. The summed E-state index contributed by atoms with van der Waals surface area (Å²) in [4.78, 5) is 21.4. The van der Waals surface area contributed by atoms with Crippen molar-refractivity contribution in [3.63, 3.8) is 0 Å². The Hall–Kier alpha value is -4.14. The minimum Gasteiger partial charge on any atom is -0.368 e. The van der Waals surface area contributed by atoms with Gasteiger partial charge in [-0.25, -0.2) is 13.5 Å². The summed E-state index contributed by atoms with van der Waals surface area (Å²) in [7, 11) is 0. The van der Waals surface area contributed by atoms with E-state index in [4.69, 9.17) is 0 Å². The molecular formula is C24H20F2N6O. The fourth-order valence-electron chi connectivity index (χ4n) is 3.93. The molecule has 0 aliphatic carbocycles. The maximum absolute atomic E-state index is 13.4. The molecule has 7 nitrogen and oxygen atoms in total. The van der Waals surface area contributed by atoms with Crippen molar-refractivity contribution in [3.8, 4) is 16.9 Å². The number of pyridine rings is 1. The maximum atomic E-state index is 13.4. The summed E-state index contributed by atoms with van der Waals surface area (Å²) in [6, 6.07) is 15.8. The summed E-state index contributed by atoms with van der Waals surface area (Å²) in [5.41, 5.74) is 2.99. The molecule has 166 valence electrons. The number of nitrogens with zero attached hydrogens (tertiary/aromatic N) is 6. The number of aromatic nitrogens is 4. The van der Waals surface area contributed by atoms with Gasteiger partial charge in [0.25, 0.3) is 5.91 Å². The predicted molar refractivity (Wildman–Crippen MR) is 119 cm³/mol.